The van der Waals surface area contributed by atoms with Crippen molar-refractivity contribution >= 4 is 17.4 Å². The van der Waals surface area contributed by atoms with Crippen molar-refractivity contribution in [3.05, 3.63) is 17.3 Å². The van der Waals surface area contributed by atoms with Crippen molar-refractivity contribution in [2.75, 3.05) is 32.5 Å². The molecule has 1 saturated carbocycles. The molecular formula is C17H25ClN4. The third kappa shape index (κ3) is 6.21. The van der Waals surface area contributed by atoms with Crippen molar-refractivity contribution in [3.8, 4) is 11.8 Å². The quantitative estimate of drug-likeness (QED) is 0.845. The van der Waals surface area contributed by atoms with Crippen LogP contribution in [-0.2, 0) is 0 Å². The highest BCUT2D eigenvalue weighted by Crippen LogP contribution is 2.30. The van der Waals surface area contributed by atoms with E-state index in [1.807, 2.05) is 6.07 Å². The molecule has 5 heteroatoms. The molecule has 1 N–H and O–H groups in total. The van der Waals surface area contributed by atoms with E-state index in [1.54, 1.807) is 6.07 Å². The van der Waals surface area contributed by atoms with E-state index in [0.717, 1.165) is 37.2 Å². The Labute approximate surface area is 138 Å². The summed E-state index contributed by atoms with van der Waals surface area (Å²) >= 11 is 5.73. The molecule has 0 aromatic carbocycles. The predicted molar refractivity (Wildman–Crippen MR) is 91.9 cm³/mol. The summed E-state index contributed by atoms with van der Waals surface area (Å²) in [5.41, 5.74) is 0. The van der Waals surface area contributed by atoms with E-state index in [0.29, 0.717) is 5.15 Å². The summed E-state index contributed by atoms with van der Waals surface area (Å²) in [6.45, 7) is 1.83. The second-order valence-corrected chi connectivity index (χ2v) is 6.69. The summed E-state index contributed by atoms with van der Waals surface area (Å²) in [6, 6.07) is 3.64. The molecule has 1 aromatic heterocycles. The zero-order valence-corrected chi connectivity index (χ0v) is 14.2. The highest BCUT2D eigenvalue weighted by molar-refractivity contribution is 6.29. The van der Waals surface area contributed by atoms with Gasteiger partial charge in [-0.1, -0.05) is 17.5 Å². The Morgan fingerprint density at radius 1 is 1.14 bits per heavy atom. The topological polar surface area (TPSA) is 41.0 Å². The van der Waals surface area contributed by atoms with Gasteiger partial charge >= 0.3 is 0 Å². The van der Waals surface area contributed by atoms with Gasteiger partial charge in [-0.25, -0.2) is 0 Å². The molecule has 2 rings (SSSR count). The summed E-state index contributed by atoms with van der Waals surface area (Å²) in [5, 5.41) is 11.7. The summed E-state index contributed by atoms with van der Waals surface area (Å²) < 4.78 is 0. The van der Waals surface area contributed by atoms with Gasteiger partial charge in [0.2, 0.25) is 0 Å². The molecule has 1 heterocycles. The molecule has 0 unspecified atom stereocenters. The lowest BCUT2D eigenvalue weighted by Gasteiger charge is -2.27. The van der Waals surface area contributed by atoms with Crippen LogP contribution in [-0.4, -0.2) is 42.3 Å². The Morgan fingerprint density at radius 2 is 1.86 bits per heavy atom. The summed E-state index contributed by atoms with van der Waals surface area (Å²) in [7, 11) is 4.11. The molecule has 0 amide bonds. The maximum atomic E-state index is 5.73. The van der Waals surface area contributed by atoms with Crippen LogP contribution in [0.25, 0.3) is 0 Å². The van der Waals surface area contributed by atoms with Crippen molar-refractivity contribution in [2.45, 2.75) is 32.1 Å². The zero-order valence-electron chi connectivity index (χ0n) is 13.5. The first-order chi connectivity index (χ1) is 10.6. The van der Waals surface area contributed by atoms with Crippen molar-refractivity contribution in [3.63, 3.8) is 0 Å². The number of aromatic nitrogens is 2. The number of anilines is 1. The van der Waals surface area contributed by atoms with E-state index in [-0.39, 0.29) is 0 Å². The zero-order chi connectivity index (χ0) is 15.8. The monoisotopic (exact) mass is 320 g/mol. The second-order valence-electron chi connectivity index (χ2n) is 6.30. The molecule has 0 bridgehead atoms. The van der Waals surface area contributed by atoms with Crippen LogP contribution >= 0.6 is 11.6 Å². The number of nitrogens with one attached hydrogen (secondary N) is 1. The molecule has 0 atom stereocenters. The van der Waals surface area contributed by atoms with Crippen molar-refractivity contribution in [1.29, 1.82) is 0 Å². The van der Waals surface area contributed by atoms with E-state index in [9.17, 15) is 0 Å². The maximum Gasteiger partial charge on any atom is 0.151 e. The molecule has 0 radical (unpaired) electrons. The largest absolute Gasteiger partial charge is 0.368 e. The minimum Gasteiger partial charge on any atom is -0.368 e. The fraction of sp³-hybridized carbons (Fsp3) is 0.647. The molecule has 1 aliphatic carbocycles. The van der Waals surface area contributed by atoms with Crippen LogP contribution in [0.3, 0.4) is 0 Å². The lowest BCUT2D eigenvalue weighted by Crippen LogP contribution is -2.21. The van der Waals surface area contributed by atoms with Gasteiger partial charge in [-0.15, -0.1) is 16.1 Å². The molecule has 22 heavy (non-hydrogen) atoms. The number of rotatable bonds is 5. The first-order valence-corrected chi connectivity index (χ1v) is 8.35. The average Bonchev–Trinajstić information content (AvgIpc) is 2.52. The van der Waals surface area contributed by atoms with Crippen LogP contribution < -0.4 is 5.32 Å². The van der Waals surface area contributed by atoms with E-state index in [1.165, 1.54) is 25.7 Å². The molecule has 1 fully saturated rings. The molecule has 1 aromatic rings. The predicted octanol–water partition coefficient (Wildman–Crippen LogP) is 3.30. The Morgan fingerprint density at radius 3 is 2.50 bits per heavy atom. The van der Waals surface area contributed by atoms with Crippen molar-refractivity contribution in [2.24, 2.45) is 11.8 Å². The van der Waals surface area contributed by atoms with Gasteiger partial charge in [0.05, 0.1) is 6.54 Å². The number of hydrogen-bond acceptors (Lipinski definition) is 4. The standard InChI is InChI=1S/C17H25ClN4/c1-22(2)12-4-3-5-14-6-8-15(9-7-14)13-19-17-11-10-16(18)20-21-17/h10-11,14-15H,5-9,12-13H2,1-2H3,(H,19,21). The van der Waals surface area contributed by atoms with Crippen LogP contribution in [0, 0.1) is 23.7 Å². The number of nitrogens with zero attached hydrogens (tertiary/aromatic N) is 3. The van der Waals surface area contributed by atoms with E-state index in [2.05, 4.69) is 46.4 Å². The maximum absolute atomic E-state index is 5.73. The van der Waals surface area contributed by atoms with Gasteiger partial charge in [0.1, 0.15) is 5.82 Å². The normalized spacial score (nSPS) is 21.3. The fourth-order valence-corrected chi connectivity index (χ4v) is 2.83. The minimum atomic E-state index is 0.432. The van der Waals surface area contributed by atoms with Crippen molar-refractivity contribution in [1.82, 2.24) is 15.1 Å². The van der Waals surface area contributed by atoms with Crippen LogP contribution in [0.5, 0.6) is 0 Å². The van der Waals surface area contributed by atoms with Crippen molar-refractivity contribution < 1.29 is 0 Å². The molecule has 0 saturated heterocycles. The summed E-state index contributed by atoms with van der Waals surface area (Å²) in [5.74, 6) is 8.87. The van der Waals surface area contributed by atoms with Crippen LogP contribution in [0.1, 0.15) is 32.1 Å². The smallest absolute Gasteiger partial charge is 0.151 e. The number of hydrogen-bond donors (Lipinski definition) is 1. The minimum absolute atomic E-state index is 0.432. The van der Waals surface area contributed by atoms with Crippen LogP contribution in [0.2, 0.25) is 5.15 Å². The number of halogens is 1. The lowest BCUT2D eigenvalue weighted by molar-refractivity contribution is 0.287. The molecule has 1 aliphatic rings. The van der Waals surface area contributed by atoms with Gasteiger partial charge in [0.25, 0.3) is 0 Å². The second kappa shape index (κ2) is 8.97. The first-order valence-electron chi connectivity index (χ1n) is 7.97. The average molecular weight is 321 g/mol. The van der Waals surface area contributed by atoms with Gasteiger partial charge in [-0.05, 0) is 63.7 Å². The molecule has 0 spiro atoms. The van der Waals surface area contributed by atoms with Gasteiger partial charge in [-0.2, -0.15) is 0 Å². The van der Waals surface area contributed by atoms with E-state index >= 15 is 0 Å². The third-order valence-electron chi connectivity index (χ3n) is 4.08. The van der Waals surface area contributed by atoms with E-state index < -0.39 is 0 Å². The molecule has 4 nitrogen and oxygen atoms in total. The summed E-state index contributed by atoms with van der Waals surface area (Å²) in [4.78, 5) is 2.11. The van der Waals surface area contributed by atoms with Gasteiger partial charge in [0, 0.05) is 13.0 Å². The van der Waals surface area contributed by atoms with Gasteiger partial charge in [0.15, 0.2) is 5.15 Å². The Kier molecular flexibility index (Phi) is 6.95. The SMILES string of the molecule is CN(C)CC#CCC1CCC(CNc2ccc(Cl)nn2)CC1. The van der Waals surface area contributed by atoms with E-state index in [4.69, 9.17) is 11.6 Å². The molecule has 0 aliphatic heterocycles. The Balaban J connectivity index is 1.64. The first kappa shape index (κ1) is 17.1. The highest BCUT2D eigenvalue weighted by Gasteiger charge is 2.20. The van der Waals surface area contributed by atoms with Gasteiger partial charge in [-0.3, -0.25) is 4.90 Å². The Bertz CT molecular complexity index is 496. The molecular weight excluding hydrogens is 296 g/mol. The highest BCUT2D eigenvalue weighted by atomic mass is 35.5. The van der Waals surface area contributed by atoms with Gasteiger partial charge < -0.3 is 5.32 Å². The van der Waals surface area contributed by atoms with Crippen LogP contribution in [0.15, 0.2) is 12.1 Å². The summed E-state index contributed by atoms with van der Waals surface area (Å²) in [6.07, 6.45) is 6.17. The lowest BCUT2D eigenvalue weighted by atomic mass is 9.80. The van der Waals surface area contributed by atoms with Crippen LogP contribution in [0.4, 0.5) is 5.82 Å². The third-order valence-corrected chi connectivity index (χ3v) is 4.28. The molecule has 120 valence electrons. The fourth-order valence-electron chi connectivity index (χ4n) is 2.73. The Hall–Kier alpha value is -1.31.